The molecule has 1 N–H and O–H groups in total. The summed E-state index contributed by atoms with van der Waals surface area (Å²) in [6, 6.07) is 4.75. The van der Waals surface area contributed by atoms with Gasteiger partial charge in [-0.2, -0.15) is 0 Å². The summed E-state index contributed by atoms with van der Waals surface area (Å²) in [6.07, 6.45) is 0. The third-order valence-electron chi connectivity index (χ3n) is 2.01. The number of hydrogen-bond acceptors (Lipinski definition) is 1. The summed E-state index contributed by atoms with van der Waals surface area (Å²) in [4.78, 5) is 3.11. The molecule has 0 saturated carbocycles. The Kier molecular flexibility index (Phi) is 1.72. The van der Waals surface area contributed by atoms with E-state index in [4.69, 9.17) is 4.74 Å². The molecule has 0 saturated heterocycles. The summed E-state index contributed by atoms with van der Waals surface area (Å²) < 4.78 is 18.0. The Morgan fingerprint density at radius 1 is 1.31 bits per heavy atom. The number of aromatic amines is 1. The summed E-state index contributed by atoms with van der Waals surface area (Å²) in [5.74, 6) is 0.270. The number of rotatable bonds is 1. The molecule has 0 aliphatic rings. The lowest BCUT2D eigenvalue weighted by molar-refractivity contribution is 0.415. The fourth-order valence-corrected chi connectivity index (χ4v) is 1.48. The van der Waals surface area contributed by atoms with E-state index in [0.717, 1.165) is 16.6 Å². The Hall–Kier alpha value is -1.51. The van der Waals surface area contributed by atoms with E-state index >= 15 is 0 Å². The molecule has 3 heteroatoms. The first-order valence-electron chi connectivity index (χ1n) is 4.03. The van der Waals surface area contributed by atoms with Crippen molar-refractivity contribution in [3.05, 3.63) is 29.7 Å². The van der Waals surface area contributed by atoms with Crippen LogP contribution in [0, 0.1) is 12.7 Å². The van der Waals surface area contributed by atoms with Gasteiger partial charge in [-0.1, -0.05) is 0 Å². The van der Waals surface area contributed by atoms with Crippen LogP contribution in [-0.4, -0.2) is 12.1 Å². The Labute approximate surface area is 75.3 Å². The molecule has 2 nitrogen and oxygen atoms in total. The molecule has 0 amide bonds. The molecule has 13 heavy (non-hydrogen) atoms. The number of H-pyrrole nitrogens is 1. The van der Waals surface area contributed by atoms with Crippen molar-refractivity contribution in [3.63, 3.8) is 0 Å². The molecule has 1 aromatic carbocycles. The molecule has 68 valence electrons. The van der Waals surface area contributed by atoms with E-state index in [-0.39, 0.29) is 5.82 Å². The molecule has 0 atom stereocenters. The highest BCUT2D eigenvalue weighted by Gasteiger charge is 2.06. The Balaban J connectivity index is 2.80. The van der Waals surface area contributed by atoms with E-state index in [1.54, 1.807) is 0 Å². The lowest BCUT2D eigenvalue weighted by Gasteiger charge is -2.00. The second kappa shape index (κ2) is 2.76. The van der Waals surface area contributed by atoms with Crippen molar-refractivity contribution in [2.75, 3.05) is 7.11 Å². The fraction of sp³-hybridized carbons (Fsp3) is 0.200. The molecule has 0 aliphatic carbocycles. The zero-order chi connectivity index (χ0) is 9.42. The summed E-state index contributed by atoms with van der Waals surface area (Å²) in [5.41, 5.74) is 1.85. The third-order valence-corrected chi connectivity index (χ3v) is 2.01. The molecular weight excluding hydrogens is 169 g/mol. The molecule has 0 fully saturated rings. The fourth-order valence-electron chi connectivity index (χ4n) is 1.48. The summed E-state index contributed by atoms with van der Waals surface area (Å²) >= 11 is 0. The molecule has 0 radical (unpaired) electrons. The minimum absolute atomic E-state index is 0.275. The monoisotopic (exact) mass is 179 g/mol. The highest BCUT2D eigenvalue weighted by molar-refractivity contribution is 5.86. The number of fused-ring (bicyclic) bond motifs is 1. The zero-order valence-electron chi connectivity index (χ0n) is 7.52. The molecule has 0 aliphatic heterocycles. The number of halogens is 1. The van der Waals surface area contributed by atoms with Crippen LogP contribution in [0.15, 0.2) is 18.2 Å². The second-order valence-corrected chi connectivity index (χ2v) is 3.02. The number of aromatic nitrogens is 1. The second-order valence-electron chi connectivity index (χ2n) is 3.02. The molecule has 0 spiro atoms. The van der Waals surface area contributed by atoms with Gasteiger partial charge in [0.25, 0.3) is 0 Å². The molecule has 2 rings (SSSR count). The summed E-state index contributed by atoms with van der Waals surface area (Å²) in [5, 5.41) is 0.842. The highest BCUT2D eigenvalue weighted by Crippen LogP contribution is 2.26. The van der Waals surface area contributed by atoms with Crippen LogP contribution < -0.4 is 4.74 Å². The predicted molar refractivity (Wildman–Crippen MR) is 49.5 cm³/mol. The SMILES string of the molecule is COc1cc(F)cc2cc(C)[nH]c12. The minimum atomic E-state index is -0.275. The summed E-state index contributed by atoms with van der Waals surface area (Å²) in [7, 11) is 1.53. The predicted octanol–water partition coefficient (Wildman–Crippen LogP) is 2.62. The van der Waals surface area contributed by atoms with Gasteiger partial charge >= 0.3 is 0 Å². The van der Waals surface area contributed by atoms with Crippen molar-refractivity contribution in [2.45, 2.75) is 6.92 Å². The van der Waals surface area contributed by atoms with Gasteiger partial charge < -0.3 is 9.72 Å². The van der Waals surface area contributed by atoms with Crippen molar-refractivity contribution in [1.82, 2.24) is 4.98 Å². The van der Waals surface area contributed by atoms with E-state index < -0.39 is 0 Å². The van der Waals surface area contributed by atoms with Gasteiger partial charge in [0.1, 0.15) is 11.6 Å². The number of methoxy groups -OCH3 is 1. The maximum Gasteiger partial charge on any atom is 0.145 e. The molecule has 0 bridgehead atoms. The molecule has 1 aromatic heterocycles. The van der Waals surface area contributed by atoms with Gasteiger partial charge in [0.2, 0.25) is 0 Å². The first-order chi connectivity index (χ1) is 6.20. The van der Waals surface area contributed by atoms with Crippen molar-refractivity contribution < 1.29 is 9.13 Å². The van der Waals surface area contributed by atoms with Crippen molar-refractivity contribution >= 4 is 10.9 Å². The van der Waals surface area contributed by atoms with E-state index in [2.05, 4.69) is 4.98 Å². The topological polar surface area (TPSA) is 25.0 Å². The van der Waals surface area contributed by atoms with Gasteiger partial charge in [0.15, 0.2) is 0 Å². The first kappa shape index (κ1) is 8.10. The lowest BCUT2D eigenvalue weighted by Crippen LogP contribution is -1.85. The standard InChI is InChI=1S/C10H10FNO/c1-6-3-7-4-8(11)5-9(13-2)10(7)12-6/h3-5,12H,1-2H3. The van der Waals surface area contributed by atoms with Gasteiger partial charge in [0.05, 0.1) is 12.6 Å². The smallest absolute Gasteiger partial charge is 0.145 e. The molecular formula is C10H10FNO. The summed E-state index contributed by atoms with van der Waals surface area (Å²) in [6.45, 7) is 1.93. The molecule has 0 unspecified atom stereocenters. The van der Waals surface area contributed by atoms with Crippen molar-refractivity contribution in [1.29, 1.82) is 0 Å². The van der Waals surface area contributed by atoms with Gasteiger partial charge in [-0.25, -0.2) is 4.39 Å². The first-order valence-corrected chi connectivity index (χ1v) is 4.03. The number of benzene rings is 1. The highest BCUT2D eigenvalue weighted by atomic mass is 19.1. The lowest BCUT2D eigenvalue weighted by atomic mass is 10.2. The van der Waals surface area contributed by atoms with Crippen LogP contribution in [0.2, 0.25) is 0 Å². The van der Waals surface area contributed by atoms with Gasteiger partial charge in [-0.3, -0.25) is 0 Å². The van der Waals surface area contributed by atoms with Gasteiger partial charge in [-0.05, 0) is 19.1 Å². The Morgan fingerprint density at radius 3 is 2.77 bits per heavy atom. The molecule has 2 aromatic rings. The number of hydrogen-bond donors (Lipinski definition) is 1. The van der Waals surface area contributed by atoms with E-state index in [0.29, 0.717) is 5.75 Å². The Morgan fingerprint density at radius 2 is 2.08 bits per heavy atom. The van der Waals surface area contributed by atoms with Crippen molar-refractivity contribution in [3.8, 4) is 5.75 Å². The molecule has 1 heterocycles. The average molecular weight is 179 g/mol. The van der Waals surface area contributed by atoms with Crippen LogP contribution in [0.5, 0.6) is 5.75 Å². The maximum absolute atomic E-state index is 13.0. The van der Waals surface area contributed by atoms with Gasteiger partial charge in [-0.15, -0.1) is 0 Å². The third kappa shape index (κ3) is 1.26. The number of nitrogens with one attached hydrogen (secondary N) is 1. The Bertz CT molecular complexity index is 447. The minimum Gasteiger partial charge on any atom is -0.494 e. The van der Waals surface area contributed by atoms with Crippen LogP contribution in [0.25, 0.3) is 10.9 Å². The zero-order valence-corrected chi connectivity index (χ0v) is 7.52. The van der Waals surface area contributed by atoms with Crippen LogP contribution in [0.1, 0.15) is 5.69 Å². The van der Waals surface area contributed by atoms with Crippen molar-refractivity contribution in [2.24, 2.45) is 0 Å². The van der Waals surface area contributed by atoms with Crippen LogP contribution >= 0.6 is 0 Å². The van der Waals surface area contributed by atoms with E-state index in [9.17, 15) is 4.39 Å². The van der Waals surface area contributed by atoms with Crippen LogP contribution in [0.4, 0.5) is 4.39 Å². The van der Waals surface area contributed by atoms with E-state index in [1.165, 1.54) is 19.2 Å². The number of aryl methyl sites for hydroxylation is 1. The maximum atomic E-state index is 13.0. The average Bonchev–Trinajstić information content (AvgIpc) is 2.43. The quantitative estimate of drug-likeness (QED) is 0.715. The van der Waals surface area contributed by atoms with E-state index in [1.807, 2.05) is 13.0 Å². The van der Waals surface area contributed by atoms with Crippen LogP contribution in [-0.2, 0) is 0 Å². The van der Waals surface area contributed by atoms with Gasteiger partial charge in [0, 0.05) is 17.1 Å². The van der Waals surface area contributed by atoms with Crippen LogP contribution in [0.3, 0.4) is 0 Å². The largest absolute Gasteiger partial charge is 0.494 e. The normalized spacial score (nSPS) is 10.7. The number of ether oxygens (including phenoxy) is 1.